The van der Waals surface area contributed by atoms with Crippen molar-refractivity contribution in [1.82, 2.24) is 14.8 Å². The fourth-order valence-electron chi connectivity index (χ4n) is 2.69. The summed E-state index contributed by atoms with van der Waals surface area (Å²) in [6.07, 6.45) is -2.94. The molecule has 2 aromatic rings. The maximum absolute atomic E-state index is 13.1. The van der Waals surface area contributed by atoms with Gasteiger partial charge in [0.2, 0.25) is 0 Å². The third-order valence-electron chi connectivity index (χ3n) is 3.55. The zero-order valence-electron chi connectivity index (χ0n) is 11.5. The summed E-state index contributed by atoms with van der Waals surface area (Å²) in [5.74, 6) is 0. The molecule has 112 valence electrons. The van der Waals surface area contributed by atoms with Gasteiger partial charge in [0.15, 0.2) is 0 Å². The van der Waals surface area contributed by atoms with Gasteiger partial charge in [-0.25, -0.2) is 4.98 Å². The molecule has 0 atom stereocenters. The normalized spacial score (nSPS) is 17.0. The number of fused-ring (bicyclic) bond motifs is 1. The van der Waals surface area contributed by atoms with Crippen LogP contribution in [0.4, 0.5) is 13.2 Å². The molecule has 0 radical (unpaired) electrons. The fourth-order valence-corrected chi connectivity index (χ4v) is 2.84. The Hall–Kier alpha value is -1.56. The fraction of sp³-hybridized carbons (Fsp3) is 0.429. The van der Waals surface area contributed by atoms with E-state index in [1.807, 2.05) is 0 Å². The summed E-state index contributed by atoms with van der Waals surface area (Å²) in [5.41, 5.74) is 0.474. The molecule has 0 aromatic carbocycles. The topological polar surface area (TPSA) is 30.7 Å². The molecular weight excluding hydrogens is 303 g/mol. The van der Waals surface area contributed by atoms with Crippen molar-refractivity contribution in [2.75, 3.05) is 0 Å². The van der Waals surface area contributed by atoms with Crippen LogP contribution in [0, 0.1) is 5.41 Å². The molecular formula is C14H13ClF3N3. The quantitative estimate of drug-likeness (QED) is 0.738. The van der Waals surface area contributed by atoms with Crippen LogP contribution in [0.1, 0.15) is 25.1 Å². The summed E-state index contributed by atoms with van der Waals surface area (Å²) in [7, 11) is 0. The second-order valence-electron chi connectivity index (χ2n) is 6.07. The minimum absolute atomic E-state index is 0.0199. The Balaban J connectivity index is 2.09. The van der Waals surface area contributed by atoms with E-state index in [-0.39, 0.29) is 21.8 Å². The third kappa shape index (κ3) is 2.64. The van der Waals surface area contributed by atoms with Crippen molar-refractivity contribution >= 4 is 11.6 Å². The summed E-state index contributed by atoms with van der Waals surface area (Å²) in [6.45, 7) is 4.90. The summed E-state index contributed by atoms with van der Waals surface area (Å²) in [4.78, 5) is 3.53. The number of nitrogens with zero attached hydrogens (tertiary/aromatic N) is 3. The number of aromatic nitrogens is 3. The van der Waals surface area contributed by atoms with Crippen molar-refractivity contribution in [3.8, 4) is 11.3 Å². The molecule has 0 spiro atoms. The third-order valence-corrected chi connectivity index (χ3v) is 3.76. The van der Waals surface area contributed by atoms with Crippen molar-refractivity contribution in [1.29, 1.82) is 0 Å². The largest absolute Gasteiger partial charge is 0.418 e. The molecule has 0 unspecified atom stereocenters. The molecule has 7 heteroatoms. The molecule has 3 heterocycles. The average molecular weight is 316 g/mol. The molecule has 0 fully saturated rings. The Morgan fingerprint density at radius 1 is 1.29 bits per heavy atom. The first-order valence-corrected chi connectivity index (χ1v) is 6.83. The van der Waals surface area contributed by atoms with E-state index in [0.717, 1.165) is 18.3 Å². The average Bonchev–Trinajstić information content (AvgIpc) is 2.80. The SMILES string of the molecule is CC1(C)Cc2cc(-c3cc(Cl)ncc3C(F)(F)F)nn2C1. The van der Waals surface area contributed by atoms with Crippen LogP contribution in [0.5, 0.6) is 0 Å². The Kier molecular flexibility index (Phi) is 3.06. The molecule has 0 saturated heterocycles. The Bertz CT molecular complexity index is 678. The van der Waals surface area contributed by atoms with Gasteiger partial charge in [-0.05, 0) is 24.0 Å². The van der Waals surface area contributed by atoms with E-state index in [9.17, 15) is 13.2 Å². The lowest BCUT2D eigenvalue weighted by atomic mass is 9.91. The highest BCUT2D eigenvalue weighted by Gasteiger charge is 2.36. The van der Waals surface area contributed by atoms with Crippen molar-refractivity contribution in [2.45, 2.75) is 33.0 Å². The maximum atomic E-state index is 13.1. The van der Waals surface area contributed by atoms with Gasteiger partial charge >= 0.3 is 6.18 Å². The van der Waals surface area contributed by atoms with Crippen molar-refractivity contribution in [2.24, 2.45) is 5.41 Å². The monoisotopic (exact) mass is 315 g/mol. The molecule has 0 saturated carbocycles. The van der Waals surface area contributed by atoms with Crippen LogP contribution >= 0.6 is 11.6 Å². The van der Waals surface area contributed by atoms with Crippen LogP contribution in [0.3, 0.4) is 0 Å². The first kappa shape index (κ1) is 14.4. The van der Waals surface area contributed by atoms with Gasteiger partial charge in [0, 0.05) is 24.0 Å². The predicted molar refractivity (Wildman–Crippen MR) is 73.0 cm³/mol. The van der Waals surface area contributed by atoms with E-state index in [4.69, 9.17) is 11.6 Å². The second kappa shape index (κ2) is 4.47. The molecule has 3 nitrogen and oxygen atoms in total. The number of rotatable bonds is 1. The predicted octanol–water partition coefficient (Wildman–Crippen LogP) is 4.20. The van der Waals surface area contributed by atoms with E-state index in [1.54, 1.807) is 10.7 Å². The van der Waals surface area contributed by atoms with Crippen LogP contribution in [0.15, 0.2) is 18.3 Å². The van der Waals surface area contributed by atoms with E-state index in [0.29, 0.717) is 6.54 Å². The summed E-state index contributed by atoms with van der Waals surface area (Å²) < 4.78 is 41.0. The van der Waals surface area contributed by atoms with Gasteiger partial charge in [0.05, 0.1) is 11.3 Å². The number of halogens is 4. The van der Waals surface area contributed by atoms with Crippen molar-refractivity contribution in [3.63, 3.8) is 0 Å². The highest BCUT2D eigenvalue weighted by atomic mass is 35.5. The zero-order valence-corrected chi connectivity index (χ0v) is 12.3. The van der Waals surface area contributed by atoms with Crippen molar-refractivity contribution < 1.29 is 13.2 Å². The molecule has 21 heavy (non-hydrogen) atoms. The van der Waals surface area contributed by atoms with E-state index < -0.39 is 11.7 Å². The minimum atomic E-state index is -4.49. The van der Waals surface area contributed by atoms with E-state index >= 15 is 0 Å². The maximum Gasteiger partial charge on any atom is 0.418 e. The molecule has 0 bridgehead atoms. The highest BCUT2D eigenvalue weighted by molar-refractivity contribution is 6.29. The van der Waals surface area contributed by atoms with Crippen LogP contribution in [0.25, 0.3) is 11.3 Å². The molecule has 1 aliphatic heterocycles. The van der Waals surface area contributed by atoms with Gasteiger partial charge in [-0.2, -0.15) is 18.3 Å². The van der Waals surface area contributed by atoms with Crippen LogP contribution in [-0.2, 0) is 19.1 Å². The van der Waals surface area contributed by atoms with Crippen LogP contribution in [0.2, 0.25) is 5.15 Å². The first-order valence-electron chi connectivity index (χ1n) is 6.46. The van der Waals surface area contributed by atoms with Gasteiger partial charge in [-0.1, -0.05) is 25.4 Å². The lowest BCUT2D eigenvalue weighted by Crippen LogP contribution is -2.13. The summed E-state index contributed by atoms with van der Waals surface area (Å²) >= 11 is 5.74. The van der Waals surface area contributed by atoms with Gasteiger partial charge in [0.1, 0.15) is 5.15 Å². The smallest absolute Gasteiger partial charge is 0.268 e. The number of hydrogen-bond donors (Lipinski definition) is 0. The summed E-state index contributed by atoms with van der Waals surface area (Å²) in [6, 6.07) is 2.92. The Morgan fingerprint density at radius 3 is 2.62 bits per heavy atom. The molecule has 1 aliphatic rings. The molecule has 2 aromatic heterocycles. The Labute approximate surface area is 124 Å². The molecule has 3 rings (SSSR count). The van der Waals surface area contributed by atoms with E-state index in [2.05, 4.69) is 23.9 Å². The minimum Gasteiger partial charge on any atom is -0.268 e. The lowest BCUT2D eigenvalue weighted by molar-refractivity contribution is -0.137. The van der Waals surface area contributed by atoms with Gasteiger partial charge in [-0.3, -0.25) is 4.68 Å². The highest BCUT2D eigenvalue weighted by Crippen LogP contribution is 2.39. The van der Waals surface area contributed by atoms with Crippen LogP contribution in [-0.4, -0.2) is 14.8 Å². The van der Waals surface area contributed by atoms with Gasteiger partial charge < -0.3 is 0 Å². The number of alkyl halides is 3. The van der Waals surface area contributed by atoms with Crippen molar-refractivity contribution in [3.05, 3.63) is 34.7 Å². The van der Waals surface area contributed by atoms with Gasteiger partial charge in [0.25, 0.3) is 0 Å². The van der Waals surface area contributed by atoms with Crippen LogP contribution < -0.4 is 0 Å². The molecule has 0 N–H and O–H groups in total. The Morgan fingerprint density at radius 2 is 2.00 bits per heavy atom. The van der Waals surface area contributed by atoms with Gasteiger partial charge in [-0.15, -0.1) is 0 Å². The number of hydrogen-bond acceptors (Lipinski definition) is 2. The zero-order chi connectivity index (χ0) is 15.4. The second-order valence-corrected chi connectivity index (χ2v) is 6.46. The lowest BCUT2D eigenvalue weighted by Gasteiger charge is -2.15. The first-order chi connectivity index (χ1) is 9.66. The molecule has 0 amide bonds. The number of pyridine rings is 1. The molecule has 0 aliphatic carbocycles. The standard InChI is InChI=1S/C14H13ClF3N3/c1-13(2)5-8-3-11(20-21(8)7-13)9-4-12(15)19-6-10(9)14(16,17)18/h3-4,6H,5,7H2,1-2H3. The van der Waals surface area contributed by atoms with E-state index in [1.165, 1.54) is 6.07 Å². The summed E-state index contributed by atoms with van der Waals surface area (Å²) in [5, 5.41) is 4.32.